The molecule has 28 heavy (non-hydrogen) atoms. The molecule has 2 aromatic rings. The average molecular weight is 384 g/mol. The van der Waals surface area contributed by atoms with Crippen molar-refractivity contribution in [1.29, 1.82) is 0 Å². The second kappa shape index (κ2) is 6.51. The molecule has 4 heteroatoms. The molecule has 0 N–H and O–H groups in total. The molecule has 2 aromatic carbocycles. The Morgan fingerprint density at radius 1 is 0.750 bits per heavy atom. The lowest BCUT2D eigenvalue weighted by atomic mass is 9.55. The van der Waals surface area contributed by atoms with Gasteiger partial charge in [0.1, 0.15) is 5.83 Å². The van der Waals surface area contributed by atoms with Crippen molar-refractivity contribution in [2.75, 3.05) is 0 Å². The van der Waals surface area contributed by atoms with Crippen LogP contribution in [0.15, 0.2) is 48.1 Å². The Hall–Kier alpha value is -2.54. The van der Waals surface area contributed by atoms with Crippen LogP contribution in [0.5, 0.6) is 0 Å². The van der Waals surface area contributed by atoms with Crippen LogP contribution < -0.4 is 0 Å². The molecule has 0 spiro atoms. The largest absolute Gasteiger partial charge is 0.208 e. The van der Waals surface area contributed by atoms with E-state index in [-0.39, 0.29) is 36.8 Å². The first-order chi connectivity index (χ1) is 13.3. The first-order valence-electron chi connectivity index (χ1n) is 9.40. The molecule has 0 heterocycles. The summed E-state index contributed by atoms with van der Waals surface area (Å²) in [5.41, 5.74) is -0.738. The topological polar surface area (TPSA) is 0 Å². The van der Waals surface area contributed by atoms with E-state index in [2.05, 4.69) is 11.8 Å². The quantitative estimate of drug-likeness (QED) is 0.384. The Kier molecular flexibility index (Phi) is 4.38. The van der Waals surface area contributed by atoms with Crippen molar-refractivity contribution >= 4 is 0 Å². The molecule has 0 unspecified atom stereocenters. The van der Waals surface area contributed by atoms with Gasteiger partial charge in [0, 0.05) is 11.1 Å². The highest BCUT2D eigenvalue weighted by Crippen LogP contribution is 2.61. The van der Waals surface area contributed by atoms with E-state index >= 15 is 8.78 Å². The molecule has 1 fully saturated rings. The zero-order valence-corrected chi connectivity index (χ0v) is 15.8. The number of fused-ring (bicyclic) bond motifs is 2. The van der Waals surface area contributed by atoms with Crippen molar-refractivity contribution in [2.24, 2.45) is 5.41 Å². The minimum atomic E-state index is -1.43. The Morgan fingerprint density at radius 2 is 1.39 bits per heavy atom. The molecule has 0 atom stereocenters. The first kappa shape index (κ1) is 18.8. The van der Waals surface area contributed by atoms with Gasteiger partial charge in [-0.15, -0.1) is 0 Å². The smallest absolute Gasteiger partial charge is 0.163 e. The van der Waals surface area contributed by atoms with E-state index in [1.807, 2.05) is 31.2 Å². The minimum absolute atomic E-state index is 0.0944. The predicted octanol–water partition coefficient (Wildman–Crippen LogP) is 6.60. The van der Waals surface area contributed by atoms with Gasteiger partial charge in [-0.2, -0.15) is 0 Å². The minimum Gasteiger partial charge on any atom is -0.208 e. The summed E-state index contributed by atoms with van der Waals surface area (Å²) in [6.45, 7) is 3.41. The third-order valence-corrected chi connectivity index (χ3v) is 6.28. The summed E-state index contributed by atoms with van der Waals surface area (Å²) in [4.78, 5) is 0. The van der Waals surface area contributed by atoms with Gasteiger partial charge in [0.15, 0.2) is 17.5 Å². The number of rotatable bonds is 1. The van der Waals surface area contributed by atoms with Crippen molar-refractivity contribution in [2.45, 2.75) is 44.9 Å². The van der Waals surface area contributed by atoms with Crippen LogP contribution in [0.1, 0.15) is 47.9 Å². The lowest BCUT2D eigenvalue weighted by Crippen LogP contribution is -2.44. The number of allylic oxidation sites excluding steroid dienone is 2. The Bertz CT molecular complexity index is 1030. The third kappa shape index (κ3) is 2.68. The third-order valence-electron chi connectivity index (χ3n) is 6.28. The van der Waals surface area contributed by atoms with Crippen LogP contribution in [0.4, 0.5) is 17.6 Å². The number of benzene rings is 2. The Morgan fingerprint density at radius 3 is 2.04 bits per heavy atom. The summed E-state index contributed by atoms with van der Waals surface area (Å²) in [5, 5.41) is 0. The van der Waals surface area contributed by atoms with E-state index in [9.17, 15) is 8.78 Å². The van der Waals surface area contributed by atoms with Gasteiger partial charge in [0.2, 0.25) is 0 Å². The molecule has 0 amide bonds. The molecular formula is C24H20F4. The number of halogens is 4. The van der Waals surface area contributed by atoms with Gasteiger partial charge in [-0.3, -0.25) is 0 Å². The fraction of sp³-hybridized carbons (Fsp3) is 0.333. The number of hydrogen-bond donors (Lipinski definition) is 0. The summed E-state index contributed by atoms with van der Waals surface area (Å²) in [6, 6.07) is 10.3. The van der Waals surface area contributed by atoms with Crippen LogP contribution in [0, 0.1) is 42.7 Å². The van der Waals surface area contributed by atoms with Gasteiger partial charge >= 0.3 is 0 Å². The van der Waals surface area contributed by atoms with Crippen LogP contribution >= 0.6 is 0 Å². The number of hydrogen-bond acceptors (Lipinski definition) is 0. The van der Waals surface area contributed by atoms with Crippen LogP contribution in [-0.4, -0.2) is 0 Å². The summed E-state index contributed by atoms with van der Waals surface area (Å²) >= 11 is 0. The van der Waals surface area contributed by atoms with Crippen molar-refractivity contribution in [3.05, 3.63) is 81.9 Å². The van der Waals surface area contributed by atoms with Gasteiger partial charge in [0.25, 0.3) is 0 Å². The highest BCUT2D eigenvalue weighted by Gasteiger charge is 2.56. The summed E-state index contributed by atoms with van der Waals surface area (Å²) in [5.74, 6) is 1.92. The molecule has 3 aliphatic carbocycles. The molecule has 1 saturated carbocycles. The van der Waals surface area contributed by atoms with Crippen molar-refractivity contribution in [3.8, 4) is 11.8 Å². The maximum absolute atomic E-state index is 15.2. The molecule has 0 nitrogen and oxygen atoms in total. The normalized spacial score (nSPS) is 26.2. The van der Waals surface area contributed by atoms with Gasteiger partial charge < -0.3 is 0 Å². The van der Waals surface area contributed by atoms with Crippen LogP contribution in [0.25, 0.3) is 0 Å². The van der Waals surface area contributed by atoms with E-state index in [0.717, 1.165) is 11.1 Å². The van der Waals surface area contributed by atoms with E-state index < -0.39 is 34.1 Å². The predicted molar refractivity (Wildman–Crippen MR) is 101 cm³/mol. The lowest BCUT2D eigenvalue weighted by Gasteiger charge is -2.48. The maximum Gasteiger partial charge on any atom is 0.163 e. The van der Waals surface area contributed by atoms with Crippen LogP contribution in [0.3, 0.4) is 0 Å². The highest BCUT2D eigenvalue weighted by atomic mass is 19.2. The molecule has 2 bridgehead atoms. The molecule has 0 radical (unpaired) electrons. The van der Waals surface area contributed by atoms with Crippen molar-refractivity contribution in [3.63, 3.8) is 0 Å². The molecule has 5 rings (SSSR count). The average Bonchev–Trinajstić information content (AvgIpc) is 2.70. The first-order valence-corrected chi connectivity index (χ1v) is 9.40. The van der Waals surface area contributed by atoms with Gasteiger partial charge in [0.05, 0.1) is 10.8 Å². The zero-order valence-electron chi connectivity index (χ0n) is 15.8. The van der Waals surface area contributed by atoms with E-state index in [1.54, 1.807) is 0 Å². The summed E-state index contributed by atoms with van der Waals surface area (Å²) in [6.07, 6.45) is 0.961. The molecule has 0 aromatic heterocycles. The van der Waals surface area contributed by atoms with E-state index in [4.69, 9.17) is 0 Å². The van der Waals surface area contributed by atoms with Crippen molar-refractivity contribution < 1.29 is 17.6 Å². The Labute approximate surface area is 162 Å². The van der Waals surface area contributed by atoms with E-state index in [1.165, 1.54) is 19.1 Å². The maximum atomic E-state index is 15.2. The molecule has 144 valence electrons. The molecule has 3 aliphatic rings. The second-order valence-electron chi connectivity index (χ2n) is 7.97. The van der Waals surface area contributed by atoms with Gasteiger partial charge in [-0.1, -0.05) is 41.7 Å². The fourth-order valence-corrected chi connectivity index (χ4v) is 4.37. The second-order valence-corrected chi connectivity index (χ2v) is 7.97. The molecule has 0 saturated heterocycles. The van der Waals surface area contributed by atoms with Crippen molar-refractivity contribution in [1.82, 2.24) is 0 Å². The molecular weight excluding hydrogens is 364 g/mol. The molecule has 0 aliphatic heterocycles. The summed E-state index contributed by atoms with van der Waals surface area (Å²) in [7, 11) is 0. The monoisotopic (exact) mass is 384 g/mol. The lowest BCUT2D eigenvalue weighted by molar-refractivity contribution is 0.130. The van der Waals surface area contributed by atoms with E-state index in [0.29, 0.717) is 0 Å². The number of aryl methyl sites for hydroxylation is 2. The highest BCUT2D eigenvalue weighted by molar-refractivity contribution is 5.48. The van der Waals surface area contributed by atoms with Gasteiger partial charge in [-0.25, -0.2) is 17.6 Å². The fourth-order valence-electron chi connectivity index (χ4n) is 4.37. The standard InChI is InChI=1S/C24H20F4/c1-15-3-6-17(7-4-15)9-10-23-11-13-24(14-12-23,22(28)21(23)27)18-8-5-16(2)19(25)20(18)26/h3-8H,11-14H2,1-2H3. The summed E-state index contributed by atoms with van der Waals surface area (Å²) < 4.78 is 59.0. The Balaban J connectivity index is 1.77. The van der Waals surface area contributed by atoms with Crippen LogP contribution in [0.2, 0.25) is 0 Å². The van der Waals surface area contributed by atoms with Crippen LogP contribution in [-0.2, 0) is 5.41 Å². The van der Waals surface area contributed by atoms with Gasteiger partial charge in [-0.05, 0) is 57.2 Å². The zero-order chi connectivity index (χ0) is 20.1. The SMILES string of the molecule is Cc1ccc(C#CC23CCC(c4ccc(C)c(F)c4F)(CC2)C(F)=C3F)cc1.